The summed E-state index contributed by atoms with van der Waals surface area (Å²) in [5.41, 5.74) is 1.92. The molecule has 2 unspecified atom stereocenters. The van der Waals surface area contributed by atoms with E-state index in [9.17, 15) is 4.79 Å². The number of rotatable bonds is 8. The number of carbonyl (C=O) groups excluding carboxylic acids is 1. The lowest BCUT2D eigenvalue weighted by Gasteiger charge is -2.26. The molecule has 1 aliphatic heterocycles. The molecule has 0 spiro atoms. The van der Waals surface area contributed by atoms with E-state index in [-0.39, 0.29) is 18.4 Å². The second-order valence-electron chi connectivity index (χ2n) is 7.14. The molecular formula is C22H28N2O4. The molecule has 28 heavy (non-hydrogen) atoms. The van der Waals surface area contributed by atoms with Crippen LogP contribution in [0.3, 0.4) is 0 Å². The third kappa shape index (κ3) is 6.39. The summed E-state index contributed by atoms with van der Waals surface area (Å²) >= 11 is 0. The fourth-order valence-electron chi connectivity index (χ4n) is 3.21. The van der Waals surface area contributed by atoms with Crippen molar-refractivity contribution < 1.29 is 19.0 Å². The maximum Gasteiger partial charge on any atom is 0.308 e. The first-order valence-corrected chi connectivity index (χ1v) is 9.97. The zero-order valence-corrected chi connectivity index (χ0v) is 16.6. The van der Waals surface area contributed by atoms with Crippen molar-refractivity contribution in [2.24, 2.45) is 0 Å². The van der Waals surface area contributed by atoms with Gasteiger partial charge >= 0.3 is 5.97 Å². The predicted molar refractivity (Wildman–Crippen MR) is 106 cm³/mol. The maximum atomic E-state index is 11.0. The second-order valence-corrected chi connectivity index (χ2v) is 7.14. The Morgan fingerprint density at radius 3 is 2.57 bits per heavy atom. The molecule has 150 valence electrons. The van der Waals surface area contributed by atoms with E-state index in [0.29, 0.717) is 5.75 Å². The van der Waals surface area contributed by atoms with Crippen molar-refractivity contribution in [1.82, 2.24) is 9.97 Å². The first-order chi connectivity index (χ1) is 13.6. The normalized spacial score (nSPS) is 17.9. The average molecular weight is 384 g/mol. The molecule has 2 aromatic rings. The van der Waals surface area contributed by atoms with Crippen LogP contribution in [-0.2, 0) is 20.7 Å². The van der Waals surface area contributed by atoms with Gasteiger partial charge < -0.3 is 14.2 Å². The molecule has 1 aromatic heterocycles. The lowest BCUT2D eigenvalue weighted by molar-refractivity contribution is -0.185. The lowest BCUT2D eigenvalue weighted by Crippen LogP contribution is -2.26. The van der Waals surface area contributed by atoms with E-state index in [1.54, 1.807) is 12.1 Å². The smallest absolute Gasteiger partial charge is 0.308 e. The van der Waals surface area contributed by atoms with Crippen molar-refractivity contribution in [3.8, 4) is 16.9 Å². The van der Waals surface area contributed by atoms with Crippen LogP contribution in [0.15, 0.2) is 36.7 Å². The summed E-state index contributed by atoms with van der Waals surface area (Å²) < 4.78 is 16.6. The zero-order chi connectivity index (χ0) is 19.8. The van der Waals surface area contributed by atoms with E-state index < -0.39 is 0 Å². The molecule has 6 nitrogen and oxygen atoms in total. The van der Waals surface area contributed by atoms with E-state index in [2.05, 4.69) is 16.9 Å². The molecule has 0 bridgehead atoms. The monoisotopic (exact) mass is 384 g/mol. The van der Waals surface area contributed by atoms with Gasteiger partial charge in [-0.3, -0.25) is 4.79 Å². The van der Waals surface area contributed by atoms with Gasteiger partial charge in [-0.15, -0.1) is 0 Å². The quantitative estimate of drug-likeness (QED) is 0.498. The number of benzene rings is 1. The summed E-state index contributed by atoms with van der Waals surface area (Å²) in [6.45, 7) is 4.29. The van der Waals surface area contributed by atoms with Crippen LogP contribution in [0, 0.1) is 0 Å². The average Bonchev–Trinajstić information content (AvgIpc) is 2.69. The van der Waals surface area contributed by atoms with Crippen molar-refractivity contribution in [3.05, 3.63) is 42.5 Å². The zero-order valence-electron chi connectivity index (χ0n) is 16.6. The molecule has 1 aliphatic rings. The standard InChI is InChI=1S/C22H28N2O4/c1-16(27-22-8-3-4-13-26-22)6-5-7-21-23-14-19(15-24-21)18-9-11-20(12-10-18)28-17(2)25/h9-12,14-16,22H,3-8,13H2,1-2H3. The van der Waals surface area contributed by atoms with Gasteiger partial charge in [0.25, 0.3) is 0 Å². The van der Waals surface area contributed by atoms with E-state index in [1.165, 1.54) is 13.3 Å². The van der Waals surface area contributed by atoms with E-state index in [4.69, 9.17) is 14.2 Å². The van der Waals surface area contributed by atoms with Crippen molar-refractivity contribution in [1.29, 1.82) is 0 Å². The summed E-state index contributed by atoms with van der Waals surface area (Å²) in [6.07, 6.45) is 9.89. The number of nitrogens with zero attached hydrogens (tertiary/aromatic N) is 2. The van der Waals surface area contributed by atoms with E-state index in [0.717, 1.165) is 55.7 Å². The Kier molecular flexibility index (Phi) is 7.51. The molecule has 0 N–H and O–H groups in total. The number of ether oxygens (including phenoxy) is 3. The topological polar surface area (TPSA) is 70.5 Å². The molecule has 3 rings (SSSR count). The van der Waals surface area contributed by atoms with Gasteiger partial charge in [-0.05, 0) is 56.7 Å². The minimum absolute atomic E-state index is 0.0356. The van der Waals surface area contributed by atoms with Crippen molar-refractivity contribution in [3.63, 3.8) is 0 Å². The summed E-state index contributed by atoms with van der Waals surface area (Å²) in [5, 5.41) is 0. The maximum absolute atomic E-state index is 11.0. The highest BCUT2D eigenvalue weighted by Gasteiger charge is 2.17. The number of hydrogen-bond donors (Lipinski definition) is 0. The second kappa shape index (κ2) is 10.3. The fourth-order valence-corrected chi connectivity index (χ4v) is 3.21. The highest BCUT2D eigenvalue weighted by Crippen LogP contribution is 2.22. The van der Waals surface area contributed by atoms with Crippen LogP contribution in [0.4, 0.5) is 0 Å². The number of hydrogen-bond acceptors (Lipinski definition) is 6. The van der Waals surface area contributed by atoms with Crippen LogP contribution in [0.25, 0.3) is 11.1 Å². The predicted octanol–water partition coefficient (Wildman–Crippen LogP) is 4.32. The van der Waals surface area contributed by atoms with Crippen LogP contribution in [-0.4, -0.2) is 34.9 Å². The largest absolute Gasteiger partial charge is 0.427 e. The summed E-state index contributed by atoms with van der Waals surface area (Å²) in [4.78, 5) is 19.9. The summed E-state index contributed by atoms with van der Waals surface area (Å²) in [7, 11) is 0. The minimum Gasteiger partial charge on any atom is -0.427 e. The fraction of sp³-hybridized carbons (Fsp3) is 0.500. The third-order valence-corrected chi connectivity index (χ3v) is 4.69. The number of aromatic nitrogens is 2. The van der Waals surface area contributed by atoms with Gasteiger partial charge in [-0.2, -0.15) is 0 Å². The molecule has 0 amide bonds. The molecule has 1 fully saturated rings. The van der Waals surface area contributed by atoms with Crippen LogP contribution in [0.2, 0.25) is 0 Å². The van der Waals surface area contributed by atoms with Crippen LogP contribution in [0.1, 0.15) is 51.8 Å². The van der Waals surface area contributed by atoms with Crippen LogP contribution >= 0.6 is 0 Å². The van der Waals surface area contributed by atoms with Crippen LogP contribution in [0.5, 0.6) is 5.75 Å². The Bertz CT molecular complexity index is 740. The van der Waals surface area contributed by atoms with E-state index in [1.807, 2.05) is 24.5 Å². The summed E-state index contributed by atoms with van der Waals surface area (Å²) in [5.74, 6) is 1.04. The highest BCUT2D eigenvalue weighted by atomic mass is 16.7. The Labute approximate surface area is 166 Å². The molecule has 2 atom stereocenters. The number of esters is 1. The highest BCUT2D eigenvalue weighted by molar-refractivity contribution is 5.70. The van der Waals surface area contributed by atoms with Gasteiger partial charge in [0, 0.05) is 37.9 Å². The molecule has 1 saturated heterocycles. The van der Waals surface area contributed by atoms with Gasteiger partial charge in [0.1, 0.15) is 11.6 Å². The van der Waals surface area contributed by atoms with Gasteiger partial charge in [-0.1, -0.05) is 12.1 Å². The van der Waals surface area contributed by atoms with Gasteiger partial charge in [0.2, 0.25) is 0 Å². The first kappa shape index (κ1) is 20.4. The molecule has 0 saturated carbocycles. The van der Waals surface area contributed by atoms with Crippen molar-refractivity contribution in [2.75, 3.05) is 6.61 Å². The minimum atomic E-state index is -0.327. The Morgan fingerprint density at radius 1 is 1.18 bits per heavy atom. The third-order valence-electron chi connectivity index (χ3n) is 4.69. The first-order valence-electron chi connectivity index (χ1n) is 9.97. The van der Waals surface area contributed by atoms with E-state index >= 15 is 0 Å². The molecule has 0 radical (unpaired) electrons. The summed E-state index contributed by atoms with van der Waals surface area (Å²) in [6, 6.07) is 7.32. The van der Waals surface area contributed by atoms with Crippen LogP contribution < -0.4 is 4.74 Å². The number of aryl methyl sites for hydroxylation is 1. The Balaban J connectivity index is 1.44. The lowest BCUT2D eigenvalue weighted by atomic mass is 10.1. The van der Waals surface area contributed by atoms with Gasteiger partial charge in [0.15, 0.2) is 6.29 Å². The van der Waals surface area contributed by atoms with Crippen molar-refractivity contribution >= 4 is 5.97 Å². The molecular weight excluding hydrogens is 356 g/mol. The molecule has 0 aliphatic carbocycles. The molecule has 6 heteroatoms. The molecule has 1 aromatic carbocycles. The SMILES string of the molecule is CC(=O)Oc1ccc(-c2cnc(CCCC(C)OC3CCCCO3)nc2)cc1. The number of carbonyl (C=O) groups is 1. The van der Waals surface area contributed by atoms with Crippen molar-refractivity contribution in [2.45, 2.75) is 64.8 Å². The Morgan fingerprint density at radius 2 is 1.93 bits per heavy atom. The molecule has 2 heterocycles. The van der Waals surface area contributed by atoms with Gasteiger partial charge in [0.05, 0.1) is 6.10 Å². The Hall–Kier alpha value is -2.31. The van der Waals surface area contributed by atoms with Gasteiger partial charge in [-0.25, -0.2) is 9.97 Å².